The molecule has 0 bridgehead atoms. The van der Waals surface area contributed by atoms with Gasteiger partial charge in [-0.25, -0.2) is 4.79 Å². The Morgan fingerprint density at radius 1 is 0.880 bits per heavy atom. The number of urea groups is 1. The second kappa shape index (κ2) is 9.20. The van der Waals surface area contributed by atoms with Gasteiger partial charge in [0.05, 0.1) is 13.2 Å². The van der Waals surface area contributed by atoms with Gasteiger partial charge in [-0.15, -0.1) is 0 Å². The van der Waals surface area contributed by atoms with Crippen molar-refractivity contribution in [2.45, 2.75) is 19.6 Å². The first-order valence-electron chi connectivity index (χ1n) is 8.74. The largest absolute Gasteiger partial charge is 0.379 e. The quantitative estimate of drug-likeness (QED) is 0.850. The minimum Gasteiger partial charge on any atom is -0.379 e. The van der Waals surface area contributed by atoms with Crippen molar-refractivity contribution >= 4 is 6.03 Å². The topological polar surface area (TPSA) is 53.6 Å². The summed E-state index contributed by atoms with van der Waals surface area (Å²) >= 11 is 0. The van der Waals surface area contributed by atoms with Gasteiger partial charge in [-0.2, -0.15) is 0 Å². The van der Waals surface area contributed by atoms with Gasteiger partial charge >= 0.3 is 6.03 Å². The van der Waals surface area contributed by atoms with E-state index >= 15 is 0 Å². The summed E-state index contributed by atoms with van der Waals surface area (Å²) in [6.45, 7) is 5.46. The van der Waals surface area contributed by atoms with E-state index < -0.39 is 0 Å². The SMILES string of the molecule is O=C(NCc1ccccc1)NCc1ccccc1CN1CCOCC1. The molecule has 2 amide bonds. The van der Waals surface area contributed by atoms with Crippen molar-refractivity contribution < 1.29 is 9.53 Å². The Morgan fingerprint density at radius 3 is 2.28 bits per heavy atom. The van der Waals surface area contributed by atoms with Crippen LogP contribution in [0.15, 0.2) is 54.6 Å². The number of hydrogen-bond donors (Lipinski definition) is 2. The number of nitrogens with one attached hydrogen (secondary N) is 2. The third kappa shape index (κ3) is 5.59. The van der Waals surface area contributed by atoms with Gasteiger partial charge in [-0.05, 0) is 16.7 Å². The number of nitrogens with zero attached hydrogens (tertiary/aromatic N) is 1. The molecule has 1 aliphatic rings. The molecule has 2 aromatic carbocycles. The number of morpholine rings is 1. The van der Waals surface area contributed by atoms with E-state index in [9.17, 15) is 4.79 Å². The minimum atomic E-state index is -0.148. The zero-order chi connectivity index (χ0) is 17.3. The summed E-state index contributed by atoms with van der Waals surface area (Å²) < 4.78 is 5.40. The van der Waals surface area contributed by atoms with Crippen LogP contribution in [0.1, 0.15) is 16.7 Å². The first kappa shape index (κ1) is 17.5. The Kier molecular flexibility index (Phi) is 6.42. The summed E-state index contributed by atoms with van der Waals surface area (Å²) in [7, 11) is 0. The van der Waals surface area contributed by atoms with Gasteiger partial charge in [0.1, 0.15) is 0 Å². The number of amides is 2. The van der Waals surface area contributed by atoms with Crippen LogP contribution in [-0.4, -0.2) is 37.2 Å². The average Bonchev–Trinajstić information content (AvgIpc) is 2.67. The van der Waals surface area contributed by atoms with E-state index in [1.54, 1.807) is 0 Å². The minimum absolute atomic E-state index is 0.148. The molecule has 0 saturated carbocycles. The molecule has 1 saturated heterocycles. The van der Waals surface area contributed by atoms with E-state index in [1.165, 1.54) is 5.56 Å². The summed E-state index contributed by atoms with van der Waals surface area (Å²) in [5.74, 6) is 0. The molecular weight excluding hydrogens is 314 g/mol. The van der Waals surface area contributed by atoms with Crippen molar-refractivity contribution in [1.82, 2.24) is 15.5 Å². The predicted octanol–water partition coefficient (Wildman–Crippen LogP) is 2.52. The first-order valence-corrected chi connectivity index (χ1v) is 8.74. The smallest absolute Gasteiger partial charge is 0.315 e. The molecule has 25 heavy (non-hydrogen) atoms. The van der Waals surface area contributed by atoms with Crippen LogP contribution in [0.2, 0.25) is 0 Å². The van der Waals surface area contributed by atoms with Crippen LogP contribution in [0.25, 0.3) is 0 Å². The van der Waals surface area contributed by atoms with E-state index in [-0.39, 0.29) is 6.03 Å². The molecule has 1 fully saturated rings. The lowest BCUT2D eigenvalue weighted by atomic mass is 10.1. The standard InChI is InChI=1S/C20H25N3O2/c24-20(21-14-17-6-2-1-3-7-17)22-15-18-8-4-5-9-19(18)16-23-10-12-25-13-11-23/h1-9H,10-16H2,(H2,21,22,24). The molecule has 132 valence electrons. The molecule has 5 heteroatoms. The van der Waals surface area contributed by atoms with Crippen LogP contribution < -0.4 is 10.6 Å². The van der Waals surface area contributed by atoms with Crippen LogP contribution in [-0.2, 0) is 24.4 Å². The molecule has 0 atom stereocenters. The van der Waals surface area contributed by atoms with E-state index in [0.717, 1.165) is 44.0 Å². The molecule has 3 rings (SSSR count). The summed E-state index contributed by atoms with van der Waals surface area (Å²) in [5, 5.41) is 5.85. The molecule has 2 aromatic rings. The lowest BCUT2D eigenvalue weighted by Crippen LogP contribution is -2.37. The Bertz CT molecular complexity index is 670. The molecule has 1 heterocycles. The summed E-state index contributed by atoms with van der Waals surface area (Å²) in [4.78, 5) is 14.4. The van der Waals surface area contributed by atoms with Crippen LogP contribution in [0.4, 0.5) is 4.79 Å². The number of carbonyl (C=O) groups is 1. The Morgan fingerprint density at radius 2 is 1.52 bits per heavy atom. The van der Waals surface area contributed by atoms with Gasteiger partial charge in [0, 0.05) is 32.7 Å². The maximum absolute atomic E-state index is 12.0. The zero-order valence-electron chi connectivity index (χ0n) is 14.4. The lowest BCUT2D eigenvalue weighted by Gasteiger charge is -2.27. The fourth-order valence-corrected chi connectivity index (χ4v) is 2.90. The monoisotopic (exact) mass is 339 g/mol. The third-order valence-corrected chi connectivity index (χ3v) is 4.35. The first-order chi connectivity index (χ1) is 12.3. The Hall–Kier alpha value is -2.37. The molecule has 0 spiro atoms. The highest BCUT2D eigenvalue weighted by Crippen LogP contribution is 2.13. The second-order valence-electron chi connectivity index (χ2n) is 6.18. The Labute approximate surface area is 149 Å². The van der Waals surface area contributed by atoms with Crippen molar-refractivity contribution in [3.63, 3.8) is 0 Å². The van der Waals surface area contributed by atoms with Gasteiger partial charge in [-0.1, -0.05) is 54.6 Å². The van der Waals surface area contributed by atoms with Gasteiger partial charge in [-0.3, -0.25) is 4.90 Å². The maximum atomic E-state index is 12.0. The highest BCUT2D eigenvalue weighted by molar-refractivity contribution is 5.73. The van der Waals surface area contributed by atoms with Crippen molar-refractivity contribution in [2.75, 3.05) is 26.3 Å². The van der Waals surface area contributed by atoms with Crippen LogP contribution in [0.3, 0.4) is 0 Å². The molecule has 5 nitrogen and oxygen atoms in total. The molecule has 2 N–H and O–H groups in total. The van der Waals surface area contributed by atoms with Gasteiger partial charge in [0.25, 0.3) is 0 Å². The molecule has 0 unspecified atom stereocenters. The molecule has 0 aliphatic carbocycles. The van der Waals surface area contributed by atoms with E-state index in [0.29, 0.717) is 13.1 Å². The second-order valence-corrected chi connectivity index (χ2v) is 6.18. The number of rotatable bonds is 6. The highest BCUT2D eigenvalue weighted by atomic mass is 16.5. The highest BCUT2D eigenvalue weighted by Gasteiger charge is 2.13. The van der Waals surface area contributed by atoms with E-state index in [4.69, 9.17) is 4.74 Å². The van der Waals surface area contributed by atoms with E-state index in [1.807, 2.05) is 36.4 Å². The van der Waals surface area contributed by atoms with Crippen LogP contribution in [0, 0.1) is 0 Å². The van der Waals surface area contributed by atoms with Gasteiger partial charge in [0.15, 0.2) is 0 Å². The fourth-order valence-electron chi connectivity index (χ4n) is 2.90. The van der Waals surface area contributed by atoms with Gasteiger partial charge in [0.2, 0.25) is 0 Å². The number of carbonyl (C=O) groups excluding carboxylic acids is 1. The summed E-state index contributed by atoms with van der Waals surface area (Å²) in [6.07, 6.45) is 0. The van der Waals surface area contributed by atoms with Crippen molar-refractivity contribution in [2.24, 2.45) is 0 Å². The average molecular weight is 339 g/mol. The van der Waals surface area contributed by atoms with Gasteiger partial charge < -0.3 is 15.4 Å². The number of hydrogen-bond acceptors (Lipinski definition) is 3. The van der Waals surface area contributed by atoms with E-state index in [2.05, 4.69) is 33.7 Å². The molecular formula is C20H25N3O2. The van der Waals surface area contributed by atoms with Crippen molar-refractivity contribution in [1.29, 1.82) is 0 Å². The maximum Gasteiger partial charge on any atom is 0.315 e. The summed E-state index contributed by atoms with van der Waals surface area (Å²) in [5.41, 5.74) is 3.50. The number of benzene rings is 2. The van der Waals surface area contributed by atoms with Crippen LogP contribution in [0.5, 0.6) is 0 Å². The number of ether oxygens (including phenoxy) is 1. The predicted molar refractivity (Wildman–Crippen MR) is 98.1 cm³/mol. The molecule has 0 radical (unpaired) electrons. The normalized spacial score (nSPS) is 14.9. The fraction of sp³-hybridized carbons (Fsp3) is 0.350. The zero-order valence-corrected chi connectivity index (χ0v) is 14.4. The van der Waals surface area contributed by atoms with Crippen molar-refractivity contribution in [3.8, 4) is 0 Å². The van der Waals surface area contributed by atoms with Crippen molar-refractivity contribution in [3.05, 3.63) is 71.3 Å². The summed E-state index contributed by atoms with van der Waals surface area (Å²) in [6, 6.07) is 18.0. The molecule has 1 aliphatic heterocycles. The lowest BCUT2D eigenvalue weighted by molar-refractivity contribution is 0.0341. The Balaban J connectivity index is 1.49. The molecule has 0 aromatic heterocycles. The third-order valence-electron chi connectivity index (χ3n) is 4.35. The van der Waals surface area contributed by atoms with Crippen LogP contribution >= 0.6 is 0 Å².